The van der Waals surface area contributed by atoms with Gasteiger partial charge in [-0.05, 0) is 48.2 Å². The fourth-order valence-corrected chi connectivity index (χ4v) is 6.10. The summed E-state index contributed by atoms with van der Waals surface area (Å²) in [6.07, 6.45) is 2.03. The SMILES string of the molecule is O=C1Cc2cc(S(=O)(=O)N3CCN(c4ccccc4)CC3)cc3c2N1CCC3. The molecule has 0 aromatic heterocycles. The minimum atomic E-state index is -3.56. The first-order valence-electron chi connectivity index (χ1n) is 9.80. The van der Waals surface area contributed by atoms with E-state index in [-0.39, 0.29) is 5.91 Å². The molecule has 0 atom stereocenters. The maximum absolute atomic E-state index is 13.3. The van der Waals surface area contributed by atoms with Crippen LogP contribution in [0.5, 0.6) is 0 Å². The van der Waals surface area contributed by atoms with Crippen molar-refractivity contribution < 1.29 is 13.2 Å². The van der Waals surface area contributed by atoms with E-state index in [1.807, 2.05) is 23.1 Å². The topological polar surface area (TPSA) is 60.9 Å². The number of amides is 1. The molecular formula is C21H23N3O3S. The van der Waals surface area contributed by atoms with E-state index < -0.39 is 10.0 Å². The average molecular weight is 398 g/mol. The Labute approximate surface area is 165 Å². The Morgan fingerprint density at radius 3 is 2.32 bits per heavy atom. The Bertz CT molecular complexity index is 1030. The van der Waals surface area contributed by atoms with Gasteiger partial charge in [-0.2, -0.15) is 4.31 Å². The Kier molecular flexibility index (Phi) is 4.17. The number of anilines is 2. The van der Waals surface area contributed by atoms with Crippen LogP contribution in [0.25, 0.3) is 0 Å². The van der Waals surface area contributed by atoms with E-state index in [1.165, 1.54) is 0 Å². The molecule has 2 aromatic carbocycles. The van der Waals surface area contributed by atoms with Crippen molar-refractivity contribution in [1.29, 1.82) is 0 Å². The lowest BCUT2D eigenvalue weighted by atomic mass is 10.0. The first-order chi connectivity index (χ1) is 13.5. The largest absolute Gasteiger partial charge is 0.369 e. The molecular weight excluding hydrogens is 374 g/mol. The number of sulfonamides is 1. The predicted molar refractivity (Wildman–Crippen MR) is 108 cm³/mol. The summed E-state index contributed by atoms with van der Waals surface area (Å²) in [5, 5.41) is 0. The fourth-order valence-electron chi connectivity index (χ4n) is 4.57. The predicted octanol–water partition coefficient (Wildman–Crippen LogP) is 2.03. The molecule has 0 aliphatic carbocycles. The average Bonchev–Trinajstić information content (AvgIpc) is 3.06. The van der Waals surface area contributed by atoms with Crippen molar-refractivity contribution in [2.24, 2.45) is 0 Å². The maximum atomic E-state index is 13.3. The molecule has 1 amide bonds. The van der Waals surface area contributed by atoms with Crippen molar-refractivity contribution in [2.45, 2.75) is 24.2 Å². The van der Waals surface area contributed by atoms with Gasteiger partial charge < -0.3 is 9.80 Å². The number of nitrogens with zero attached hydrogens (tertiary/aromatic N) is 3. The standard InChI is InChI=1S/C21H23N3O3S/c25-20-15-17-14-19(13-16-5-4-8-24(20)21(16)17)28(26,27)23-11-9-22(10-12-23)18-6-2-1-3-7-18/h1-3,6-7,13-14H,4-5,8-12,15H2. The van der Waals surface area contributed by atoms with Crippen LogP contribution < -0.4 is 9.80 Å². The van der Waals surface area contributed by atoms with Gasteiger partial charge >= 0.3 is 0 Å². The summed E-state index contributed by atoms with van der Waals surface area (Å²) in [6.45, 7) is 3.02. The van der Waals surface area contributed by atoms with E-state index in [0.717, 1.165) is 41.9 Å². The van der Waals surface area contributed by atoms with E-state index in [4.69, 9.17) is 0 Å². The fraction of sp³-hybridized carbons (Fsp3) is 0.381. The molecule has 146 valence electrons. The summed E-state index contributed by atoms with van der Waals surface area (Å²) >= 11 is 0. The highest BCUT2D eigenvalue weighted by Crippen LogP contribution is 2.39. The van der Waals surface area contributed by atoms with Crippen LogP contribution in [0.1, 0.15) is 17.5 Å². The Hall–Kier alpha value is -2.38. The lowest BCUT2D eigenvalue weighted by Crippen LogP contribution is -2.48. The number of benzene rings is 2. The third kappa shape index (κ3) is 2.81. The van der Waals surface area contributed by atoms with E-state index in [2.05, 4.69) is 17.0 Å². The van der Waals surface area contributed by atoms with E-state index in [1.54, 1.807) is 16.4 Å². The number of hydrogen-bond donors (Lipinski definition) is 0. The highest BCUT2D eigenvalue weighted by atomic mass is 32.2. The zero-order chi connectivity index (χ0) is 19.3. The molecule has 0 radical (unpaired) electrons. The molecule has 0 bridgehead atoms. The van der Waals surface area contributed by atoms with Gasteiger partial charge in [0.2, 0.25) is 15.9 Å². The zero-order valence-electron chi connectivity index (χ0n) is 15.7. The number of hydrogen-bond acceptors (Lipinski definition) is 4. The number of para-hydroxylation sites is 1. The van der Waals surface area contributed by atoms with Crippen LogP contribution in [0, 0.1) is 0 Å². The molecule has 0 spiro atoms. The van der Waals surface area contributed by atoms with Crippen molar-refractivity contribution in [1.82, 2.24) is 4.31 Å². The smallest absolute Gasteiger partial charge is 0.243 e. The summed E-state index contributed by atoms with van der Waals surface area (Å²) < 4.78 is 28.2. The van der Waals surface area contributed by atoms with Crippen molar-refractivity contribution in [3.05, 3.63) is 53.6 Å². The highest BCUT2D eigenvalue weighted by Gasteiger charge is 2.35. The number of rotatable bonds is 3. The molecule has 5 rings (SSSR count). The van der Waals surface area contributed by atoms with Crippen molar-refractivity contribution in [3.63, 3.8) is 0 Å². The summed E-state index contributed by atoms with van der Waals surface area (Å²) in [4.78, 5) is 16.6. The molecule has 3 heterocycles. The number of aryl methyl sites for hydroxylation is 1. The van der Waals surface area contributed by atoms with E-state index in [9.17, 15) is 13.2 Å². The molecule has 1 saturated heterocycles. The van der Waals surface area contributed by atoms with Crippen LogP contribution in [0.2, 0.25) is 0 Å². The molecule has 0 saturated carbocycles. The van der Waals surface area contributed by atoms with Crippen LogP contribution >= 0.6 is 0 Å². The third-order valence-electron chi connectivity index (χ3n) is 5.98. The molecule has 1 fully saturated rings. The van der Waals surface area contributed by atoms with Gasteiger partial charge in [-0.1, -0.05) is 18.2 Å². The number of piperazine rings is 1. The van der Waals surface area contributed by atoms with Gasteiger partial charge in [0.05, 0.1) is 17.0 Å². The number of carbonyl (C=O) groups is 1. The molecule has 3 aliphatic rings. The molecule has 7 heteroatoms. The van der Waals surface area contributed by atoms with Crippen LogP contribution in [-0.2, 0) is 27.7 Å². The maximum Gasteiger partial charge on any atom is 0.243 e. The summed E-state index contributed by atoms with van der Waals surface area (Å²) in [7, 11) is -3.56. The van der Waals surface area contributed by atoms with Gasteiger partial charge in [-0.15, -0.1) is 0 Å². The quantitative estimate of drug-likeness (QED) is 0.795. The minimum absolute atomic E-state index is 0.0852. The minimum Gasteiger partial charge on any atom is -0.369 e. The highest BCUT2D eigenvalue weighted by molar-refractivity contribution is 7.89. The van der Waals surface area contributed by atoms with Gasteiger partial charge in [0.15, 0.2) is 0 Å². The van der Waals surface area contributed by atoms with Gasteiger partial charge in [-0.25, -0.2) is 8.42 Å². The lowest BCUT2D eigenvalue weighted by Gasteiger charge is -2.35. The molecule has 28 heavy (non-hydrogen) atoms. The normalized spacial score (nSPS) is 19.8. The third-order valence-corrected chi connectivity index (χ3v) is 7.86. The first-order valence-corrected chi connectivity index (χ1v) is 11.2. The Morgan fingerprint density at radius 2 is 1.57 bits per heavy atom. The van der Waals surface area contributed by atoms with Crippen LogP contribution in [0.15, 0.2) is 47.4 Å². The summed E-state index contributed by atoms with van der Waals surface area (Å²) in [6, 6.07) is 13.6. The van der Waals surface area contributed by atoms with Gasteiger partial charge in [0, 0.05) is 38.4 Å². The molecule has 2 aromatic rings. The monoisotopic (exact) mass is 397 g/mol. The second-order valence-electron chi connectivity index (χ2n) is 7.64. The molecule has 0 unspecified atom stereocenters. The van der Waals surface area contributed by atoms with Gasteiger partial charge in [0.25, 0.3) is 0 Å². The van der Waals surface area contributed by atoms with Crippen LogP contribution in [0.4, 0.5) is 11.4 Å². The Morgan fingerprint density at radius 1 is 0.857 bits per heavy atom. The first kappa shape index (κ1) is 17.7. The zero-order valence-corrected chi connectivity index (χ0v) is 16.5. The van der Waals surface area contributed by atoms with E-state index >= 15 is 0 Å². The van der Waals surface area contributed by atoms with Crippen molar-refractivity contribution >= 4 is 27.3 Å². The molecule has 6 nitrogen and oxygen atoms in total. The van der Waals surface area contributed by atoms with E-state index in [0.29, 0.717) is 37.5 Å². The Balaban J connectivity index is 1.40. The van der Waals surface area contributed by atoms with Crippen molar-refractivity contribution in [3.8, 4) is 0 Å². The number of carbonyl (C=O) groups excluding carboxylic acids is 1. The second kappa shape index (κ2) is 6.60. The van der Waals surface area contributed by atoms with Gasteiger partial charge in [0.1, 0.15) is 0 Å². The lowest BCUT2D eigenvalue weighted by molar-refractivity contribution is -0.117. The van der Waals surface area contributed by atoms with Crippen molar-refractivity contribution in [2.75, 3.05) is 42.5 Å². The summed E-state index contributed by atoms with van der Waals surface area (Å²) in [5.41, 5.74) is 3.95. The van der Waals surface area contributed by atoms with Crippen LogP contribution in [-0.4, -0.2) is 51.4 Å². The van der Waals surface area contributed by atoms with Gasteiger partial charge in [-0.3, -0.25) is 4.79 Å². The van der Waals surface area contributed by atoms with Crippen LogP contribution in [0.3, 0.4) is 0 Å². The second-order valence-corrected chi connectivity index (χ2v) is 9.58. The molecule has 3 aliphatic heterocycles. The summed E-state index contributed by atoms with van der Waals surface area (Å²) in [5.74, 6) is 0.0852. The molecule has 0 N–H and O–H groups in total.